The summed E-state index contributed by atoms with van der Waals surface area (Å²) in [6.07, 6.45) is 0. The van der Waals surface area contributed by atoms with E-state index in [1.165, 1.54) is 0 Å². The van der Waals surface area contributed by atoms with E-state index in [1.807, 2.05) is 24.3 Å². The van der Waals surface area contributed by atoms with E-state index in [0.717, 1.165) is 16.5 Å². The zero-order chi connectivity index (χ0) is 18.7. The van der Waals surface area contributed by atoms with E-state index in [2.05, 4.69) is 10.3 Å². The van der Waals surface area contributed by atoms with Crippen LogP contribution in [-0.2, 0) is 9.53 Å². The van der Waals surface area contributed by atoms with Gasteiger partial charge in [-0.15, -0.1) is 0 Å². The molecule has 0 saturated carbocycles. The number of esters is 1. The van der Waals surface area contributed by atoms with Crippen molar-refractivity contribution in [2.75, 3.05) is 6.61 Å². The minimum absolute atomic E-state index is 0.299. The normalized spacial score (nSPS) is 12.0. The van der Waals surface area contributed by atoms with E-state index >= 15 is 0 Å². The van der Waals surface area contributed by atoms with Gasteiger partial charge >= 0.3 is 5.97 Å². The van der Waals surface area contributed by atoms with Gasteiger partial charge in [-0.3, -0.25) is 4.79 Å². The first kappa shape index (κ1) is 18.3. The van der Waals surface area contributed by atoms with Gasteiger partial charge in [-0.25, -0.2) is 4.79 Å². The van der Waals surface area contributed by atoms with Crippen molar-refractivity contribution in [3.63, 3.8) is 0 Å². The number of carbonyl (C=O) groups excluding carboxylic acids is 2. The Morgan fingerprint density at radius 1 is 1.15 bits per heavy atom. The van der Waals surface area contributed by atoms with E-state index in [-0.39, 0.29) is 12.6 Å². The molecule has 0 bridgehead atoms. The molecule has 7 heteroatoms. The molecule has 26 heavy (non-hydrogen) atoms. The van der Waals surface area contributed by atoms with Crippen molar-refractivity contribution in [3.05, 3.63) is 69.8 Å². The SMILES string of the molecule is C[C@@H](NC(=O)COC(=O)c1cc2ccccc2[nH]1)c1ccc(Cl)cc1Cl. The van der Waals surface area contributed by atoms with Gasteiger partial charge in [0.1, 0.15) is 5.69 Å². The fourth-order valence-corrected chi connectivity index (χ4v) is 3.18. The molecule has 0 saturated heterocycles. The molecular weight excluding hydrogens is 375 g/mol. The molecule has 134 valence electrons. The monoisotopic (exact) mass is 390 g/mol. The summed E-state index contributed by atoms with van der Waals surface area (Å²) in [5.41, 5.74) is 1.86. The van der Waals surface area contributed by atoms with Crippen LogP contribution < -0.4 is 5.32 Å². The van der Waals surface area contributed by atoms with Gasteiger partial charge in [-0.1, -0.05) is 47.5 Å². The Morgan fingerprint density at radius 2 is 1.92 bits per heavy atom. The van der Waals surface area contributed by atoms with Gasteiger partial charge in [0, 0.05) is 20.9 Å². The van der Waals surface area contributed by atoms with Crippen LogP contribution in [0.4, 0.5) is 0 Å². The van der Waals surface area contributed by atoms with Crippen LogP contribution in [0.3, 0.4) is 0 Å². The number of H-pyrrole nitrogens is 1. The third kappa shape index (κ3) is 4.18. The highest BCUT2D eigenvalue weighted by molar-refractivity contribution is 6.35. The Labute approximate surface area is 160 Å². The Bertz CT molecular complexity index is 935. The number of ether oxygens (including phenoxy) is 1. The van der Waals surface area contributed by atoms with E-state index < -0.39 is 11.9 Å². The molecule has 0 fully saturated rings. The molecule has 3 rings (SSSR count). The highest BCUT2D eigenvalue weighted by Crippen LogP contribution is 2.26. The van der Waals surface area contributed by atoms with Crippen LogP contribution >= 0.6 is 23.2 Å². The van der Waals surface area contributed by atoms with Crippen molar-refractivity contribution < 1.29 is 14.3 Å². The number of carbonyl (C=O) groups is 2. The summed E-state index contributed by atoms with van der Waals surface area (Å²) in [5, 5.41) is 4.61. The number of rotatable bonds is 5. The Kier molecular flexibility index (Phi) is 5.49. The third-order valence-corrected chi connectivity index (χ3v) is 4.45. The first-order valence-corrected chi connectivity index (χ1v) is 8.69. The van der Waals surface area contributed by atoms with Gasteiger partial charge in [-0.2, -0.15) is 0 Å². The van der Waals surface area contributed by atoms with E-state index in [9.17, 15) is 9.59 Å². The van der Waals surface area contributed by atoms with Gasteiger partial charge in [0.25, 0.3) is 5.91 Å². The molecule has 0 aliphatic rings. The zero-order valence-electron chi connectivity index (χ0n) is 13.9. The fraction of sp³-hybridized carbons (Fsp3) is 0.158. The first-order chi connectivity index (χ1) is 12.4. The minimum atomic E-state index is -0.589. The lowest BCUT2D eigenvalue weighted by atomic mass is 10.1. The summed E-state index contributed by atoms with van der Waals surface area (Å²) in [5.74, 6) is -1.01. The van der Waals surface area contributed by atoms with Gasteiger partial charge in [0.2, 0.25) is 0 Å². The van der Waals surface area contributed by atoms with Crippen LogP contribution in [0.5, 0.6) is 0 Å². The van der Waals surface area contributed by atoms with Crippen LogP contribution in [0.15, 0.2) is 48.5 Å². The molecule has 0 spiro atoms. The van der Waals surface area contributed by atoms with Crippen molar-refractivity contribution in [2.45, 2.75) is 13.0 Å². The molecule has 0 aliphatic carbocycles. The van der Waals surface area contributed by atoms with E-state index in [1.54, 1.807) is 31.2 Å². The smallest absolute Gasteiger partial charge is 0.355 e. The van der Waals surface area contributed by atoms with E-state index in [4.69, 9.17) is 27.9 Å². The molecule has 2 aromatic carbocycles. The Morgan fingerprint density at radius 3 is 2.65 bits per heavy atom. The summed E-state index contributed by atoms with van der Waals surface area (Å²) in [6.45, 7) is 1.40. The second-order valence-electron chi connectivity index (χ2n) is 5.80. The van der Waals surface area contributed by atoms with Crippen LogP contribution in [-0.4, -0.2) is 23.5 Å². The summed E-state index contributed by atoms with van der Waals surface area (Å²) in [7, 11) is 0. The molecule has 3 aromatic rings. The second kappa shape index (κ2) is 7.81. The lowest BCUT2D eigenvalue weighted by molar-refractivity contribution is -0.124. The number of benzene rings is 2. The number of nitrogens with one attached hydrogen (secondary N) is 2. The molecule has 0 radical (unpaired) electrons. The van der Waals surface area contributed by atoms with Crippen LogP contribution in [0.1, 0.15) is 29.0 Å². The number of hydrogen-bond acceptors (Lipinski definition) is 3. The van der Waals surface area contributed by atoms with Crippen LogP contribution in [0.25, 0.3) is 10.9 Å². The molecule has 5 nitrogen and oxygen atoms in total. The van der Waals surface area contributed by atoms with Gasteiger partial charge < -0.3 is 15.0 Å². The summed E-state index contributed by atoms with van der Waals surface area (Å²) >= 11 is 12.0. The third-order valence-electron chi connectivity index (χ3n) is 3.89. The topological polar surface area (TPSA) is 71.2 Å². The highest BCUT2D eigenvalue weighted by Gasteiger charge is 2.16. The Hall–Kier alpha value is -2.50. The molecule has 1 heterocycles. The largest absolute Gasteiger partial charge is 0.451 e. The molecule has 0 unspecified atom stereocenters. The van der Waals surface area contributed by atoms with Crippen molar-refractivity contribution in [2.24, 2.45) is 0 Å². The number of hydrogen-bond donors (Lipinski definition) is 2. The average molecular weight is 391 g/mol. The number of aromatic amines is 1. The van der Waals surface area contributed by atoms with Crippen molar-refractivity contribution in [1.82, 2.24) is 10.3 Å². The predicted octanol–water partition coefficient (Wildman–Crippen LogP) is 4.51. The zero-order valence-corrected chi connectivity index (χ0v) is 15.4. The highest BCUT2D eigenvalue weighted by atomic mass is 35.5. The number of para-hydroxylation sites is 1. The number of amides is 1. The molecule has 1 amide bonds. The maximum Gasteiger partial charge on any atom is 0.355 e. The van der Waals surface area contributed by atoms with Crippen molar-refractivity contribution in [1.29, 1.82) is 0 Å². The maximum absolute atomic E-state index is 12.1. The molecule has 1 aromatic heterocycles. The fourth-order valence-electron chi connectivity index (χ4n) is 2.61. The number of halogens is 2. The minimum Gasteiger partial charge on any atom is -0.451 e. The standard InChI is InChI=1S/C19H16Cl2N2O3/c1-11(14-7-6-13(20)9-15(14)21)22-18(24)10-26-19(25)17-8-12-4-2-3-5-16(12)23-17/h2-9,11,23H,10H2,1H3,(H,22,24)/t11-/m1/s1. The Balaban J connectivity index is 1.57. The molecule has 1 atom stereocenters. The summed E-state index contributed by atoms with van der Waals surface area (Å²) in [4.78, 5) is 27.1. The van der Waals surface area contributed by atoms with Crippen LogP contribution in [0, 0.1) is 0 Å². The summed E-state index contributed by atoms with van der Waals surface area (Å²) in [6, 6.07) is 13.9. The second-order valence-corrected chi connectivity index (χ2v) is 6.65. The maximum atomic E-state index is 12.1. The lowest BCUT2D eigenvalue weighted by Gasteiger charge is -2.16. The molecule has 0 aliphatic heterocycles. The van der Waals surface area contributed by atoms with Gasteiger partial charge in [0.05, 0.1) is 6.04 Å². The average Bonchev–Trinajstić information content (AvgIpc) is 3.03. The molecule has 2 N–H and O–H groups in total. The summed E-state index contributed by atoms with van der Waals surface area (Å²) < 4.78 is 5.07. The lowest BCUT2D eigenvalue weighted by Crippen LogP contribution is -2.31. The predicted molar refractivity (Wildman–Crippen MR) is 102 cm³/mol. The van der Waals surface area contributed by atoms with Crippen LogP contribution in [0.2, 0.25) is 10.0 Å². The number of aromatic nitrogens is 1. The van der Waals surface area contributed by atoms with E-state index in [0.29, 0.717) is 15.7 Å². The first-order valence-electron chi connectivity index (χ1n) is 7.93. The van der Waals surface area contributed by atoms with Gasteiger partial charge in [0.15, 0.2) is 6.61 Å². The molecular formula is C19H16Cl2N2O3. The van der Waals surface area contributed by atoms with Crippen molar-refractivity contribution >= 4 is 46.0 Å². The van der Waals surface area contributed by atoms with Crippen molar-refractivity contribution in [3.8, 4) is 0 Å². The number of fused-ring (bicyclic) bond motifs is 1. The quantitative estimate of drug-likeness (QED) is 0.629. The van der Waals surface area contributed by atoms with Gasteiger partial charge in [-0.05, 0) is 36.8 Å².